The van der Waals surface area contributed by atoms with Gasteiger partial charge in [-0.25, -0.2) is 4.98 Å². The highest BCUT2D eigenvalue weighted by Gasteiger charge is 2.11. The summed E-state index contributed by atoms with van der Waals surface area (Å²) in [6.45, 7) is 5.25. The summed E-state index contributed by atoms with van der Waals surface area (Å²) in [6, 6.07) is 12.7. The smallest absolute Gasteiger partial charge is 0.105 e. The van der Waals surface area contributed by atoms with Gasteiger partial charge in [0.25, 0.3) is 0 Å². The molecule has 1 N–H and O–H groups in total. The van der Waals surface area contributed by atoms with Crippen LogP contribution in [-0.2, 0) is 0 Å². The molecule has 0 aliphatic rings. The molecule has 0 radical (unpaired) electrons. The van der Waals surface area contributed by atoms with Crippen LogP contribution in [0, 0.1) is 0 Å². The predicted octanol–water partition coefficient (Wildman–Crippen LogP) is 4.67. The van der Waals surface area contributed by atoms with Crippen molar-refractivity contribution in [3.63, 3.8) is 0 Å². The summed E-state index contributed by atoms with van der Waals surface area (Å²) >= 11 is 5.20. The monoisotopic (exact) mass is 336 g/mol. The highest BCUT2D eigenvalue weighted by atomic mass is 79.9. The maximum Gasteiger partial charge on any atom is 0.105 e. The lowest BCUT2D eigenvalue weighted by Crippen LogP contribution is -2.18. The number of hydrogen-bond donors (Lipinski definition) is 1. The van der Waals surface area contributed by atoms with E-state index in [9.17, 15) is 0 Å². The number of halogens is 1. The largest absolute Gasteiger partial charge is 0.310 e. The van der Waals surface area contributed by atoms with E-state index in [0.717, 1.165) is 16.0 Å². The highest BCUT2D eigenvalue weighted by Crippen LogP contribution is 2.32. The van der Waals surface area contributed by atoms with E-state index in [-0.39, 0.29) is 0 Å². The van der Waals surface area contributed by atoms with Gasteiger partial charge in [0.05, 0.1) is 0 Å². The van der Waals surface area contributed by atoms with Crippen molar-refractivity contribution in [1.82, 2.24) is 10.3 Å². The van der Waals surface area contributed by atoms with E-state index in [1.807, 2.05) is 24.4 Å². The number of pyridine rings is 1. The molecule has 1 aromatic carbocycles. The van der Waals surface area contributed by atoms with Gasteiger partial charge < -0.3 is 5.32 Å². The van der Waals surface area contributed by atoms with Crippen molar-refractivity contribution in [2.24, 2.45) is 0 Å². The predicted molar refractivity (Wildman–Crippen MR) is 84.6 cm³/mol. The number of benzene rings is 1. The van der Waals surface area contributed by atoms with Crippen LogP contribution < -0.4 is 5.32 Å². The first-order chi connectivity index (χ1) is 9.20. The Labute approximate surface area is 127 Å². The van der Waals surface area contributed by atoms with Crippen molar-refractivity contribution in [3.05, 3.63) is 52.6 Å². The van der Waals surface area contributed by atoms with Crippen LogP contribution in [0.15, 0.2) is 57.0 Å². The zero-order valence-electron chi connectivity index (χ0n) is 11.1. The van der Waals surface area contributed by atoms with Crippen molar-refractivity contribution in [3.8, 4) is 0 Å². The standard InChI is InChI=1S/C15H17BrN2S/c1-3-17-11(2)14-8-5-9-18-15(14)19-13-7-4-6-12(16)10-13/h4-11,17H,3H2,1-2H3. The number of aromatic nitrogens is 1. The van der Waals surface area contributed by atoms with Gasteiger partial charge in [-0.3, -0.25) is 0 Å². The summed E-state index contributed by atoms with van der Waals surface area (Å²) in [5.41, 5.74) is 1.24. The van der Waals surface area contributed by atoms with Crippen LogP contribution in [0.5, 0.6) is 0 Å². The van der Waals surface area contributed by atoms with Crippen LogP contribution in [0.2, 0.25) is 0 Å². The van der Waals surface area contributed by atoms with Crippen LogP contribution in [0.3, 0.4) is 0 Å². The molecule has 0 fully saturated rings. The minimum atomic E-state index is 0.313. The summed E-state index contributed by atoms with van der Waals surface area (Å²) < 4.78 is 1.09. The van der Waals surface area contributed by atoms with Crippen LogP contribution in [0.4, 0.5) is 0 Å². The molecule has 1 unspecified atom stereocenters. The fourth-order valence-corrected chi connectivity index (χ4v) is 3.46. The average molecular weight is 337 g/mol. The molecule has 1 aromatic heterocycles. The molecule has 0 spiro atoms. The zero-order valence-corrected chi connectivity index (χ0v) is 13.5. The first kappa shape index (κ1) is 14.6. The van der Waals surface area contributed by atoms with E-state index < -0.39 is 0 Å². The molecule has 1 heterocycles. The lowest BCUT2D eigenvalue weighted by Gasteiger charge is -2.15. The Morgan fingerprint density at radius 3 is 2.89 bits per heavy atom. The zero-order chi connectivity index (χ0) is 13.7. The lowest BCUT2D eigenvalue weighted by atomic mass is 10.1. The molecule has 4 heteroatoms. The average Bonchev–Trinajstić information content (AvgIpc) is 2.39. The Bertz CT molecular complexity index is 545. The fourth-order valence-electron chi connectivity index (χ4n) is 1.88. The number of rotatable bonds is 5. The van der Waals surface area contributed by atoms with Gasteiger partial charge in [0.2, 0.25) is 0 Å². The normalized spacial score (nSPS) is 12.4. The van der Waals surface area contributed by atoms with Gasteiger partial charge in [-0.15, -0.1) is 0 Å². The van der Waals surface area contributed by atoms with Gasteiger partial charge in [-0.1, -0.05) is 46.7 Å². The van der Waals surface area contributed by atoms with Crippen molar-refractivity contribution >= 4 is 27.7 Å². The van der Waals surface area contributed by atoms with Crippen molar-refractivity contribution < 1.29 is 0 Å². The number of nitrogens with zero attached hydrogens (tertiary/aromatic N) is 1. The van der Waals surface area contributed by atoms with Gasteiger partial charge in [0, 0.05) is 27.2 Å². The van der Waals surface area contributed by atoms with E-state index in [0.29, 0.717) is 6.04 Å². The number of nitrogens with one attached hydrogen (secondary N) is 1. The van der Waals surface area contributed by atoms with E-state index in [2.05, 4.69) is 58.3 Å². The molecule has 1 atom stereocenters. The molecule has 0 aliphatic carbocycles. The Hall–Kier alpha value is -0.840. The third-order valence-corrected chi connectivity index (χ3v) is 4.31. The maximum absolute atomic E-state index is 4.51. The molecule has 0 aliphatic heterocycles. The second-order valence-electron chi connectivity index (χ2n) is 4.24. The van der Waals surface area contributed by atoms with Gasteiger partial charge in [-0.2, -0.15) is 0 Å². The topological polar surface area (TPSA) is 24.9 Å². The van der Waals surface area contributed by atoms with Crippen LogP contribution in [0.1, 0.15) is 25.5 Å². The van der Waals surface area contributed by atoms with E-state index in [4.69, 9.17) is 0 Å². The molecule has 0 amide bonds. The molecule has 2 nitrogen and oxygen atoms in total. The summed E-state index contributed by atoms with van der Waals surface area (Å²) in [5.74, 6) is 0. The summed E-state index contributed by atoms with van der Waals surface area (Å²) in [6.07, 6.45) is 1.85. The van der Waals surface area contributed by atoms with Crippen LogP contribution >= 0.6 is 27.7 Å². The van der Waals surface area contributed by atoms with E-state index in [1.54, 1.807) is 11.8 Å². The van der Waals surface area contributed by atoms with E-state index >= 15 is 0 Å². The molecule has 2 rings (SSSR count). The Balaban J connectivity index is 2.25. The molecule has 19 heavy (non-hydrogen) atoms. The molecule has 0 bridgehead atoms. The first-order valence-corrected chi connectivity index (χ1v) is 7.93. The Morgan fingerprint density at radius 1 is 1.32 bits per heavy atom. The third kappa shape index (κ3) is 4.06. The van der Waals surface area contributed by atoms with Crippen molar-refractivity contribution in [2.45, 2.75) is 29.8 Å². The van der Waals surface area contributed by atoms with Crippen molar-refractivity contribution in [1.29, 1.82) is 0 Å². The maximum atomic E-state index is 4.51. The highest BCUT2D eigenvalue weighted by molar-refractivity contribution is 9.10. The minimum Gasteiger partial charge on any atom is -0.310 e. The minimum absolute atomic E-state index is 0.313. The van der Waals surface area contributed by atoms with Crippen LogP contribution in [-0.4, -0.2) is 11.5 Å². The summed E-state index contributed by atoms with van der Waals surface area (Å²) in [5, 5.41) is 4.50. The summed E-state index contributed by atoms with van der Waals surface area (Å²) in [4.78, 5) is 5.71. The molecule has 0 saturated carbocycles. The lowest BCUT2D eigenvalue weighted by molar-refractivity contribution is 0.585. The first-order valence-electron chi connectivity index (χ1n) is 6.32. The van der Waals surface area contributed by atoms with Gasteiger partial charge >= 0.3 is 0 Å². The summed E-state index contributed by atoms with van der Waals surface area (Å²) in [7, 11) is 0. The van der Waals surface area contributed by atoms with Crippen molar-refractivity contribution in [2.75, 3.05) is 6.54 Å². The molecule has 2 aromatic rings. The second-order valence-corrected chi connectivity index (χ2v) is 6.21. The van der Waals surface area contributed by atoms with Gasteiger partial charge in [-0.05, 0) is 37.7 Å². The molecule has 0 saturated heterocycles. The Morgan fingerprint density at radius 2 is 2.16 bits per heavy atom. The third-order valence-electron chi connectivity index (χ3n) is 2.79. The molecular weight excluding hydrogens is 320 g/mol. The fraction of sp³-hybridized carbons (Fsp3) is 0.267. The van der Waals surface area contributed by atoms with E-state index in [1.165, 1.54) is 10.5 Å². The van der Waals surface area contributed by atoms with Gasteiger partial charge in [0.1, 0.15) is 5.03 Å². The quantitative estimate of drug-likeness (QED) is 0.858. The van der Waals surface area contributed by atoms with Crippen LogP contribution in [0.25, 0.3) is 0 Å². The Kier molecular flexibility index (Phi) is 5.43. The van der Waals surface area contributed by atoms with Gasteiger partial charge in [0.15, 0.2) is 0 Å². The molecular formula is C15H17BrN2S. The number of hydrogen-bond acceptors (Lipinski definition) is 3. The molecule has 100 valence electrons. The SMILES string of the molecule is CCNC(C)c1cccnc1Sc1cccc(Br)c1. The second kappa shape index (κ2) is 7.08.